The second kappa shape index (κ2) is 4.37. The molecule has 0 radical (unpaired) electrons. The van der Waals surface area contributed by atoms with Crippen LogP contribution in [-0.4, -0.2) is 0 Å². The molecule has 0 aromatic heterocycles. The third-order valence-corrected chi connectivity index (χ3v) is 2.88. The molecule has 0 amide bonds. The summed E-state index contributed by atoms with van der Waals surface area (Å²) in [5.41, 5.74) is 17.2. The van der Waals surface area contributed by atoms with Gasteiger partial charge in [-0.15, -0.1) is 0 Å². The maximum absolute atomic E-state index is 5.76. The fourth-order valence-electron chi connectivity index (χ4n) is 1.64. The zero-order valence-corrected chi connectivity index (χ0v) is 10.1. The van der Waals surface area contributed by atoms with Gasteiger partial charge in [0.1, 0.15) is 0 Å². The average Bonchev–Trinajstić information content (AvgIpc) is 2.29. The standard InChI is InChI=1S/C14H17N3/c1-9-3-4-11(7-10(9)2)17-12-5-6-13(15)14(16)8-12/h3-8,17H,15-16H2,1-2H3. The minimum atomic E-state index is 0.596. The van der Waals surface area contributed by atoms with Crippen molar-refractivity contribution in [3.05, 3.63) is 47.5 Å². The first-order chi connectivity index (χ1) is 8.06. The lowest BCUT2D eigenvalue weighted by Crippen LogP contribution is -1.97. The molecule has 3 heteroatoms. The van der Waals surface area contributed by atoms with E-state index in [2.05, 4.69) is 37.4 Å². The number of rotatable bonds is 2. The molecule has 17 heavy (non-hydrogen) atoms. The SMILES string of the molecule is Cc1ccc(Nc2ccc(N)c(N)c2)cc1C. The molecule has 0 bridgehead atoms. The lowest BCUT2D eigenvalue weighted by atomic mass is 10.1. The Hall–Kier alpha value is -2.16. The molecule has 2 aromatic rings. The van der Waals surface area contributed by atoms with Gasteiger partial charge >= 0.3 is 0 Å². The van der Waals surface area contributed by atoms with Crippen molar-refractivity contribution in [1.29, 1.82) is 0 Å². The van der Waals surface area contributed by atoms with Gasteiger partial charge in [-0.2, -0.15) is 0 Å². The molecule has 0 aliphatic heterocycles. The lowest BCUT2D eigenvalue weighted by Gasteiger charge is -2.10. The first-order valence-corrected chi connectivity index (χ1v) is 5.55. The van der Waals surface area contributed by atoms with Crippen LogP contribution in [0.2, 0.25) is 0 Å². The summed E-state index contributed by atoms with van der Waals surface area (Å²) < 4.78 is 0. The van der Waals surface area contributed by atoms with Crippen LogP contribution < -0.4 is 16.8 Å². The summed E-state index contributed by atoms with van der Waals surface area (Å²) >= 11 is 0. The zero-order valence-electron chi connectivity index (χ0n) is 10.1. The minimum absolute atomic E-state index is 0.596. The minimum Gasteiger partial charge on any atom is -0.397 e. The predicted molar refractivity (Wildman–Crippen MR) is 74.5 cm³/mol. The Morgan fingerprint density at radius 1 is 0.765 bits per heavy atom. The molecule has 0 saturated heterocycles. The highest BCUT2D eigenvalue weighted by atomic mass is 14.9. The zero-order chi connectivity index (χ0) is 12.4. The van der Waals surface area contributed by atoms with Crippen LogP contribution in [0.4, 0.5) is 22.7 Å². The Morgan fingerprint density at radius 3 is 2.06 bits per heavy atom. The molecular weight excluding hydrogens is 210 g/mol. The number of hydrogen-bond acceptors (Lipinski definition) is 3. The van der Waals surface area contributed by atoms with E-state index in [-0.39, 0.29) is 0 Å². The van der Waals surface area contributed by atoms with Crippen molar-refractivity contribution in [3.63, 3.8) is 0 Å². The fraction of sp³-hybridized carbons (Fsp3) is 0.143. The molecule has 0 aliphatic carbocycles. The average molecular weight is 227 g/mol. The Kier molecular flexibility index (Phi) is 2.91. The molecule has 2 aromatic carbocycles. The monoisotopic (exact) mass is 227 g/mol. The molecule has 88 valence electrons. The van der Waals surface area contributed by atoms with Gasteiger partial charge in [0.25, 0.3) is 0 Å². The summed E-state index contributed by atoms with van der Waals surface area (Å²) in [5, 5.41) is 3.30. The molecule has 0 atom stereocenters. The molecule has 2 rings (SSSR count). The molecular formula is C14H17N3. The number of anilines is 4. The molecule has 0 unspecified atom stereocenters. The smallest absolute Gasteiger partial charge is 0.0568 e. The van der Waals surface area contributed by atoms with Crippen molar-refractivity contribution < 1.29 is 0 Å². The van der Waals surface area contributed by atoms with Gasteiger partial charge in [-0.3, -0.25) is 0 Å². The van der Waals surface area contributed by atoms with Crippen molar-refractivity contribution in [2.45, 2.75) is 13.8 Å². The first-order valence-electron chi connectivity index (χ1n) is 5.55. The van der Waals surface area contributed by atoms with Gasteiger partial charge in [-0.05, 0) is 55.3 Å². The van der Waals surface area contributed by atoms with Crippen molar-refractivity contribution in [2.24, 2.45) is 0 Å². The van der Waals surface area contributed by atoms with Gasteiger partial charge in [0.2, 0.25) is 0 Å². The van der Waals surface area contributed by atoms with Crippen molar-refractivity contribution in [3.8, 4) is 0 Å². The largest absolute Gasteiger partial charge is 0.397 e. The van der Waals surface area contributed by atoms with E-state index in [1.54, 1.807) is 6.07 Å². The van der Waals surface area contributed by atoms with E-state index in [0.29, 0.717) is 11.4 Å². The molecule has 0 fully saturated rings. The van der Waals surface area contributed by atoms with Gasteiger partial charge < -0.3 is 16.8 Å². The summed E-state index contributed by atoms with van der Waals surface area (Å²) in [6, 6.07) is 11.8. The summed E-state index contributed by atoms with van der Waals surface area (Å²) in [7, 11) is 0. The van der Waals surface area contributed by atoms with Crippen LogP contribution in [0.5, 0.6) is 0 Å². The van der Waals surface area contributed by atoms with E-state index >= 15 is 0 Å². The van der Waals surface area contributed by atoms with Crippen LogP contribution in [0, 0.1) is 13.8 Å². The molecule has 5 N–H and O–H groups in total. The van der Waals surface area contributed by atoms with Crippen molar-refractivity contribution in [1.82, 2.24) is 0 Å². The number of nitrogens with one attached hydrogen (secondary N) is 1. The number of benzene rings is 2. The quantitative estimate of drug-likeness (QED) is 0.690. The van der Waals surface area contributed by atoms with Gasteiger partial charge in [-0.25, -0.2) is 0 Å². The van der Waals surface area contributed by atoms with E-state index in [1.165, 1.54) is 11.1 Å². The molecule has 0 spiro atoms. The Labute approximate surface area is 101 Å². The van der Waals surface area contributed by atoms with E-state index < -0.39 is 0 Å². The Morgan fingerprint density at radius 2 is 1.41 bits per heavy atom. The normalized spacial score (nSPS) is 10.2. The number of nitrogens with two attached hydrogens (primary N) is 2. The molecule has 0 saturated carbocycles. The van der Waals surface area contributed by atoms with Crippen LogP contribution in [0.3, 0.4) is 0 Å². The van der Waals surface area contributed by atoms with Gasteiger partial charge in [0.05, 0.1) is 11.4 Å². The van der Waals surface area contributed by atoms with E-state index in [4.69, 9.17) is 11.5 Å². The van der Waals surface area contributed by atoms with Crippen molar-refractivity contribution >= 4 is 22.7 Å². The van der Waals surface area contributed by atoms with Crippen LogP contribution in [0.25, 0.3) is 0 Å². The highest BCUT2D eigenvalue weighted by molar-refractivity contribution is 5.72. The highest BCUT2D eigenvalue weighted by Gasteiger charge is 1.99. The summed E-state index contributed by atoms with van der Waals surface area (Å²) in [4.78, 5) is 0. The third-order valence-electron chi connectivity index (χ3n) is 2.88. The van der Waals surface area contributed by atoms with Gasteiger partial charge in [0, 0.05) is 11.4 Å². The topological polar surface area (TPSA) is 64.1 Å². The van der Waals surface area contributed by atoms with E-state index in [0.717, 1.165) is 11.4 Å². The lowest BCUT2D eigenvalue weighted by molar-refractivity contribution is 1.34. The summed E-state index contributed by atoms with van der Waals surface area (Å²) in [6.45, 7) is 4.19. The van der Waals surface area contributed by atoms with E-state index in [9.17, 15) is 0 Å². The number of aryl methyl sites for hydroxylation is 2. The number of hydrogen-bond donors (Lipinski definition) is 3. The Balaban J connectivity index is 2.25. The third kappa shape index (κ3) is 2.50. The van der Waals surface area contributed by atoms with Crippen LogP contribution in [0.1, 0.15) is 11.1 Å². The molecule has 0 heterocycles. The summed E-state index contributed by atoms with van der Waals surface area (Å²) in [6.07, 6.45) is 0. The van der Waals surface area contributed by atoms with Crippen LogP contribution >= 0.6 is 0 Å². The van der Waals surface area contributed by atoms with Gasteiger partial charge in [0.15, 0.2) is 0 Å². The second-order valence-corrected chi connectivity index (χ2v) is 4.27. The fourth-order valence-corrected chi connectivity index (χ4v) is 1.64. The van der Waals surface area contributed by atoms with Gasteiger partial charge in [-0.1, -0.05) is 6.07 Å². The van der Waals surface area contributed by atoms with E-state index in [1.807, 2.05) is 12.1 Å². The maximum atomic E-state index is 5.76. The predicted octanol–water partition coefficient (Wildman–Crippen LogP) is 3.21. The number of nitrogen functional groups attached to an aromatic ring is 2. The molecule has 0 aliphatic rings. The second-order valence-electron chi connectivity index (χ2n) is 4.27. The van der Waals surface area contributed by atoms with Crippen LogP contribution in [-0.2, 0) is 0 Å². The van der Waals surface area contributed by atoms with Crippen molar-refractivity contribution in [2.75, 3.05) is 16.8 Å². The maximum Gasteiger partial charge on any atom is 0.0568 e. The first kappa shape index (κ1) is 11.3. The van der Waals surface area contributed by atoms with Crippen LogP contribution in [0.15, 0.2) is 36.4 Å². The summed E-state index contributed by atoms with van der Waals surface area (Å²) in [5.74, 6) is 0. The Bertz CT molecular complexity index is 498. The highest BCUT2D eigenvalue weighted by Crippen LogP contribution is 2.24. The molecule has 3 nitrogen and oxygen atoms in total.